The molecule has 0 bridgehead atoms. The first-order valence-electron chi connectivity index (χ1n) is 6.11. The van der Waals surface area contributed by atoms with E-state index < -0.39 is 6.43 Å². The summed E-state index contributed by atoms with van der Waals surface area (Å²) in [7, 11) is 0. The Balaban J connectivity index is 1.94. The van der Waals surface area contributed by atoms with E-state index in [1.54, 1.807) is 30.3 Å². The van der Waals surface area contributed by atoms with Crippen LogP contribution < -0.4 is 5.32 Å². The quantitative estimate of drug-likeness (QED) is 0.782. The molecule has 1 N–H and O–H groups in total. The summed E-state index contributed by atoms with van der Waals surface area (Å²) < 4.78 is 25.6. The maximum absolute atomic E-state index is 12.8. The molecular formula is C15H12ClF2NOS. The molecule has 0 aliphatic heterocycles. The Hall–Kier alpha value is -1.59. The van der Waals surface area contributed by atoms with Crippen molar-refractivity contribution in [1.82, 2.24) is 0 Å². The van der Waals surface area contributed by atoms with Gasteiger partial charge in [0.1, 0.15) is 0 Å². The first kappa shape index (κ1) is 15.8. The van der Waals surface area contributed by atoms with Crippen LogP contribution in [-0.4, -0.2) is 11.7 Å². The number of hydrogen-bond acceptors (Lipinski definition) is 2. The molecule has 0 heterocycles. The van der Waals surface area contributed by atoms with Crippen LogP contribution in [0, 0.1) is 0 Å². The van der Waals surface area contributed by atoms with Crippen molar-refractivity contribution in [2.75, 3.05) is 11.1 Å². The Morgan fingerprint density at radius 2 is 1.81 bits per heavy atom. The van der Waals surface area contributed by atoms with E-state index in [0.29, 0.717) is 5.02 Å². The lowest BCUT2D eigenvalue weighted by Gasteiger charge is -2.10. The number of amides is 1. The largest absolute Gasteiger partial charge is 0.325 e. The minimum absolute atomic E-state index is 0.138. The summed E-state index contributed by atoms with van der Waals surface area (Å²) in [6.45, 7) is 0. The summed E-state index contributed by atoms with van der Waals surface area (Å²) in [6, 6.07) is 12.9. The minimum Gasteiger partial charge on any atom is -0.325 e. The second-order valence-electron chi connectivity index (χ2n) is 4.18. The van der Waals surface area contributed by atoms with Gasteiger partial charge in [0.15, 0.2) is 0 Å². The third kappa shape index (κ3) is 4.72. The van der Waals surface area contributed by atoms with Crippen LogP contribution in [0.1, 0.15) is 12.0 Å². The molecule has 0 saturated heterocycles. The van der Waals surface area contributed by atoms with Crippen molar-refractivity contribution in [2.24, 2.45) is 0 Å². The van der Waals surface area contributed by atoms with Gasteiger partial charge in [0.2, 0.25) is 5.91 Å². The Morgan fingerprint density at radius 1 is 1.14 bits per heavy atom. The van der Waals surface area contributed by atoms with Gasteiger partial charge in [-0.1, -0.05) is 29.8 Å². The number of hydrogen-bond donors (Lipinski definition) is 1. The smallest absolute Gasteiger partial charge is 0.265 e. The maximum Gasteiger partial charge on any atom is 0.265 e. The summed E-state index contributed by atoms with van der Waals surface area (Å²) in [5, 5.41) is 3.13. The van der Waals surface area contributed by atoms with Gasteiger partial charge in [-0.05, 0) is 30.3 Å². The maximum atomic E-state index is 12.8. The van der Waals surface area contributed by atoms with Crippen LogP contribution in [0.5, 0.6) is 0 Å². The lowest BCUT2D eigenvalue weighted by molar-refractivity contribution is -0.113. The minimum atomic E-state index is -2.62. The zero-order valence-electron chi connectivity index (χ0n) is 10.9. The number of carbonyl (C=O) groups excluding carboxylic acids is 1. The van der Waals surface area contributed by atoms with Crippen LogP contribution in [0.4, 0.5) is 14.5 Å². The second-order valence-corrected chi connectivity index (χ2v) is 5.66. The number of thioether (sulfide) groups is 1. The van der Waals surface area contributed by atoms with E-state index in [1.807, 2.05) is 0 Å². The van der Waals surface area contributed by atoms with Crippen LogP contribution in [0.15, 0.2) is 53.4 Å². The topological polar surface area (TPSA) is 29.1 Å². The highest BCUT2D eigenvalue weighted by molar-refractivity contribution is 8.00. The zero-order chi connectivity index (χ0) is 15.2. The van der Waals surface area contributed by atoms with E-state index in [1.165, 1.54) is 30.0 Å². The predicted octanol–water partition coefficient (Wildman–Crippen LogP) is 5.01. The molecular weight excluding hydrogens is 316 g/mol. The highest BCUT2D eigenvalue weighted by Gasteiger charge is 2.14. The van der Waals surface area contributed by atoms with Crippen LogP contribution in [0.25, 0.3) is 0 Å². The van der Waals surface area contributed by atoms with Gasteiger partial charge in [0.25, 0.3) is 6.43 Å². The third-order valence-corrected chi connectivity index (χ3v) is 3.92. The van der Waals surface area contributed by atoms with Gasteiger partial charge >= 0.3 is 0 Å². The first-order valence-corrected chi connectivity index (χ1v) is 7.48. The molecule has 2 aromatic rings. The van der Waals surface area contributed by atoms with E-state index in [-0.39, 0.29) is 22.9 Å². The van der Waals surface area contributed by atoms with Gasteiger partial charge in [-0.3, -0.25) is 4.79 Å². The van der Waals surface area contributed by atoms with Crippen LogP contribution in [0.3, 0.4) is 0 Å². The van der Waals surface area contributed by atoms with E-state index in [4.69, 9.17) is 11.6 Å². The SMILES string of the molecule is O=C(CSc1ccc(Cl)cc1)Nc1ccccc1C(F)F. The monoisotopic (exact) mass is 327 g/mol. The Morgan fingerprint density at radius 3 is 2.48 bits per heavy atom. The normalized spacial score (nSPS) is 10.7. The van der Waals surface area contributed by atoms with Crippen molar-refractivity contribution >= 4 is 35.0 Å². The molecule has 0 unspecified atom stereocenters. The van der Waals surface area contributed by atoms with Gasteiger partial charge in [-0.15, -0.1) is 11.8 Å². The molecule has 110 valence electrons. The van der Waals surface area contributed by atoms with Crippen molar-refractivity contribution in [2.45, 2.75) is 11.3 Å². The van der Waals surface area contributed by atoms with Crippen LogP contribution >= 0.6 is 23.4 Å². The molecule has 0 spiro atoms. The van der Waals surface area contributed by atoms with Crippen LogP contribution in [0.2, 0.25) is 5.02 Å². The summed E-state index contributed by atoms with van der Waals surface area (Å²) in [4.78, 5) is 12.7. The number of anilines is 1. The van der Waals surface area contributed by atoms with Gasteiger partial charge < -0.3 is 5.32 Å². The van der Waals surface area contributed by atoms with Crippen molar-refractivity contribution in [1.29, 1.82) is 0 Å². The first-order chi connectivity index (χ1) is 10.1. The van der Waals surface area contributed by atoms with Gasteiger partial charge in [0, 0.05) is 21.2 Å². The van der Waals surface area contributed by atoms with Crippen LogP contribution in [-0.2, 0) is 4.79 Å². The molecule has 0 aliphatic carbocycles. The molecule has 0 aromatic heterocycles. The summed E-state index contributed by atoms with van der Waals surface area (Å²) in [5.41, 5.74) is -0.0310. The molecule has 6 heteroatoms. The van der Waals surface area contributed by atoms with Crippen molar-refractivity contribution in [3.8, 4) is 0 Å². The Labute approximate surface area is 130 Å². The molecule has 0 saturated carbocycles. The van der Waals surface area contributed by atoms with Crippen molar-refractivity contribution in [3.63, 3.8) is 0 Å². The third-order valence-electron chi connectivity index (χ3n) is 2.65. The molecule has 0 atom stereocenters. The molecule has 2 nitrogen and oxygen atoms in total. The summed E-state index contributed by atoms with van der Waals surface area (Å²) >= 11 is 7.08. The second kappa shape index (κ2) is 7.43. The Bertz CT molecular complexity index is 619. The average Bonchev–Trinajstić information content (AvgIpc) is 2.47. The zero-order valence-corrected chi connectivity index (χ0v) is 12.4. The number of carbonyl (C=O) groups is 1. The highest BCUT2D eigenvalue weighted by atomic mass is 35.5. The standard InChI is InChI=1S/C15H12ClF2NOS/c16-10-5-7-11(8-6-10)21-9-14(20)19-13-4-2-1-3-12(13)15(17)18/h1-8,15H,9H2,(H,19,20). The highest BCUT2D eigenvalue weighted by Crippen LogP contribution is 2.27. The lowest BCUT2D eigenvalue weighted by Crippen LogP contribution is -2.15. The fourth-order valence-corrected chi connectivity index (χ4v) is 2.49. The fourth-order valence-electron chi connectivity index (χ4n) is 1.67. The molecule has 1 amide bonds. The number of para-hydroxylation sites is 1. The van der Waals surface area contributed by atoms with Gasteiger partial charge in [-0.2, -0.15) is 0 Å². The fraction of sp³-hybridized carbons (Fsp3) is 0.133. The number of rotatable bonds is 5. The van der Waals surface area contributed by atoms with Gasteiger partial charge in [-0.25, -0.2) is 8.78 Å². The summed E-state index contributed by atoms with van der Waals surface area (Å²) in [6.07, 6.45) is -2.62. The van der Waals surface area contributed by atoms with E-state index in [0.717, 1.165) is 4.90 Å². The van der Waals surface area contributed by atoms with E-state index in [9.17, 15) is 13.6 Å². The number of halogens is 3. The molecule has 2 aromatic carbocycles. The molecule has 0 aliphatic rings. The number of nitrogens with one attached hydrogen (secondary N) is 1. The van der Waals surface area contributed by atoms with E-state index in [2.05, 4.69) is 5.32 Å². The van der Waals surface area contributed by atoms with E-state index >= 15 is 0 Å². The summed E-state index contributed by atoms with van der Waals surface area (Å²) in [5.74, 6) is -0.192. The molecule has 21 heavy (non-hydrogen) atoms. The number of alkyl halides is 2. The molecule has 2 rings (SSSR count). The molecule has 0 fully saturated rings. The average molecular weight is 328 g/mol. The number of benzene rings is 2. The lowest BCUT2D eigenvalue weighted by atomic mass is 10.2. The van der Waals surface area contributed by atoms with Gasteiger partial charge in [0.05, 0.1) is 5.75 Å². The predicted molar refractivity (Wildman–Crippen MR) is 82.2 cm³/mol. The Kier molecular flexibility index (Phi) is 5.59. The van der Waals surface area contributed by atoms with Crippen molar-refractivity contribution in [3.05, 3.63) is 59.1 Å². The van der Waals surface area contributed by atoms with Crippen molar-refractivity contribution < 1.29 is 13.6 Å². The molecule has 0 radical (unpaired) electrons.